The van der Waals surface area contributed by atoms with Gasteiger partial charge in [0.05, 0.1) is 18.7 Å². The molecule has 1 heterocycles. The zero-order chi connectivity index (χ0) is 17.1. The number of amides is 2. The number of fused-ring (bicyclic) bond motifs is 1. The van der Waals surface area contributed by atoms with Crippen molar-refractivity contribution in [3.63, 3.8) is 0 Å². The molecule has 0 radical (unpaired) electrons. The summed E-state index contributed by atoms with van der Waals surface area (Å²) < 4.78 is 6.69. The molecule has 3 rings (SSSR count). The molecule has 2 amide bonds. The van der Waals surface area contributed by atoms with Crippen LogP contribution in [0.3, 0.4) is 0 Å². The van der Waals surface area contributed by atoms with E-state index in [-0.39, 0.29) is 24.8 Å². The third-order valence-electron chi connectivity index (χ3n) is 3.88. The maximum absolute atomic E-state index is 12.8. The second-order valence-electron chi connectivity index (χ2n) is 5.50. The first-order valence-corrected chi connectivity index (χ1v) is 8.40. The molecular weight excluding hydrogens is 372 g/mol. The molecule has 0 saturated carbocycles. The average molecular weight is 389 g/mol. The number of likely N-dealkylation sites (N-methyl/N-ethyl adjacent to an activating group) is 1. The van der Waals surface area contributed by atoms with Gasteiger partial charge in [-0.1, -0.05) is 40.2 Å². The number of carbonyl (C=O) groups excluding carboxylic acids is 2. The first-order chi connectivity index (χ1) is 11.6. The molecule has 0 fully saturated rings. The van der Waals surface area contributed by atoms with Crippen LogP contribution in [0.25, 0.3) is 0 Å². The molecule has 0 spiro atoms. The summed E-state index contributed by atoms with van der Waals surface area (Å²) in [7, 11) is 1.56. The van der Waals surface area contributed by atoms with Gasteiger partial charge < -0.3 is 15.0 Å². The Balaban J connectivity index is 1.85. The molecule has 1 N–H and O–H groups in total. The van der Waals surface area contributed by atoms with E-state index in [1.165, 1.54) is 0 Å². The van der Waals surface area contributed by atoms with Crippen LogP contribution in [0.2, 0.25) is 0 Å². The van der Waals surface area contributed by atoms with Gasteiger partial charge in [0.15, 0.2) is 6.10 Å². The summed E-state index contributed by atoms with van der Waals surface area (Å²) in [5.41, 5.74) is 1.61. The Labute approximate surface area is 148 Å². The van der Waals surface area contributed by atoms with Crippen molar-refractivity contribution in [3.05, 3.63) is 58.6 Å². The molecule has 24 heavy (non-hydrogen) atoms. The minimum Gasteiger partial charge on any atom is -0.477 e. The lowest BCUT2D eigenvalue weighted by atomic mass is 10.1. The summed E-state index contributed by atoms with van der Waals surface area (Å²) in [4.78, 5) is 26.4. The van der Waals surface area contributed by atoms with Crippen molar-refractivity contribution in [3.8, 4) is 5.75 Å². The van der Waals surface area contributed by atoms with Gasteiger partial charge in [-0.2, -0.15) is 0 Å². The number of halogens is 1. The molecular formula is C18H17BrN2O3. The molecule has 5 nitrogen and oxygen atoms in total. The highest BCUT2D eigenvalue weighted by atomic mass is 79.9. The molecule has 0 saturated heterocycles. The monoisotopic (exact) mass is 388 g/mol. The number of nitrogens with one attached hydrogen (secondary N) is 1. The summed E-state index contributed by atoms with van der Waals surface area (Å²) in [6.07, 6.45) is -0.444. The number of carbonyl (C=O) groups is 2. The summed E-state index contributed by atoms with van der Waals surface area (Å²) in [6.45, 7) is 0.200. The molecule has 1 atom stereocenters. The summed E-state index contributed by atoms with van der Waals surface area (Å²) >= 11 is 3.39. The number of anilines is 1. The Bertz CT molecular complexity index is 761. The Morgan fingerprint density at radius 1 is 1.21 bits per heavy atom. The normalized spacial score (nSPS) is 16.1. The van der Waals surface area contributed by atoms with Crippen molar-refractivity contribution in [2.75, 3.05) is 18.5 Å². The van der Waals surface area contributed by atoms with Gasteiger partial charge in [0.2, 0.25) is 5.91 Å². The molecule has 1 aliphatic heterocycles. The number of benzene rings is 2. The molecule has 1 aliphatic rings. The summed E-state index contributed by atoms with van der Waals surface area (Å²) in [5.74, 6) is 0.231. The summed E-state index contributed by atoms with van der Waals surface area (Å²) in [5, 5.41) is 2.57. The number of ether oxygens (including phenoxy) is 1. The van der Waals surface area contributed by atoms with Crippen molar-refractivity contribution < 1.29 is 14.3 Å². The van der Waals surface area contributed by atoms with E-state index >= 15 is 0 Å². The molecule has 6 heteroatoms. The predicted octanol–water partition coefficient (Wildman–Crippen LogP) is 2.53. The third kappa shape index (κ3) is 3.43. The quantitative estimate of drug-likeness (QED) is 0.878. The number of hydrogen-bond donors (Lipinski definition) is 1. The second kappa shape index (κ2) is 7.05. The fourth-order valence-electron chi connectivity index (χ4n) is 2.64. The van der Waals surface area contributed by atoms with Gasteiger partial charge in [0.25, 0.3) is 5.91 Å². The van der Waals surface area contributed by atoms with E-state index in [9.17, 15) is 9.59 Å². The van der Waals surface area contributed by atoms with Crippen molar-refractivity contribution in [1.82, 2.24) is 5.32 Å². The Morgan fingerprint density at radius 2 is 1.92 bits per heavy atom. The van der Waals surface area contributed by atoms with E-state index in [2.05, 4.69) is 21.2 Å². The average Bonchev–Trinajstić information content (AvgIpc) is 2.62. The zero-order valence-corrected chi connectivity index (χ0v) is 14.7. The second-order valence-corrected chi connectivity index (χ2v) is 6.41. The number of hydrogen-bond acceptors (Lipinski definition) is 3. The highest BCUT2D eigenvalue weighted by Gasteiger charge is 2.33. The van der Waals surface area contributed by atoms with Crippen LogP contribution >= 0.6 is 15.9 Å². The number of para-hydroxylation sites is 2. The first kappa shape index (κ1) is 16.5. The lowest BCUT2D eigenvalue weighted by molar-refractivity contribution is -0.127. The van der Waals surface area contributed by atoms with Crippen LogP contribution < -0.4 is 15.0 Å². The predicted molar refractivity (Wildman–Crippen MR) is 95.1 cm³/mol. The van der Waals surface area contributed by atoms with Gasteiger partial charge in [-0.15, -0.1) is 0 Å². The minimum absolute atomic E-state index is 0.0676. The Morgan fingerprint density at radius 3 is 2.62 bits per heavy atom. The van der Waals surface area contributed by atoms with E-state index in [4.69, 9.17) is 4.74 Å². The van der Waals surface area contributed by atoms with Crippen LogP contribution in [0.15, 0.2) is 53.0 Å². The van der Waals surface area contributed by atoms with Gasteiger partial charge in [0.1, 0.15) is 5.75 Å². The molecule has 0 aliphatic carbocycles. The minimum atomic E-state index is -0.709. The van der Waals surface area contributed by atoms with Crippen LogP contribution in [0.1, 0.15) is 5.56 Å². The molecule has 0 unspecified atom stereocenters. The van der Waals surface area contributed by atoms with Crippen LogP contribution in [-0.2, 0) is 16.0 Å². The van der Waals surface area contributed by atoms with Crippen LogP contribution in [0.5, 0.6) is 5.75 Å². The third-order valence-corrected chi connectivity index (χ3v) is 4.41. The Kier molecular flexibility index (Phi) is 4.85. The standard InChI is InChI=1S/C18H17BrN2O3/c1-20-18(23)16-11-21(14-4-2-3-5-15(14)24-16)17(22)10-12-6-8-13(19)9-7-12/h2-9,16H,10-11H2,1H3,(H,20,23)/t16-/m0/s1. The van der Waals surface area contributed by atoms with Crippen LogP contribution in [-0.4, -0.2) is 31.5 Å². The van der Waals surface area contributed by atoms with Crippen molar-refractivity contribution >= 4 is 33.4 Å². The van der Waals surface area contributed by atoms with Crippen molar-refractivity contribution in [1.29, 1.82) is 0 Å². The van der Waals surface area contributed by atoms with Gasteiger partial charge in [0, 0.05) is 11.5 Å². The molecule has 0 bridgehead atoms. The lowest BCUT2D eigenvalue weighted by Crippen LogP contribution is -2.50. The molecule has 2 aromatic carbocycles. The topological polar surface area (TPSA) is 58.6 Å². The maximum Gasteiger partial charge on any atom is 0.262 e. The zero-order valence-electron chi connectivity index (χ0n) is 13.2. The highest BCUT2D eigenvalue weighted by Crippen LogP contribution is 2.33. The molecule has 124 valence electrons. The molecule has 0 aromatic heterocycles. The van der Waals surface area contributed by atoms with E-state index in [0.717, 1.165) is 10.0 Å². The van der Waals surface area contributed by atoms with E-state index in [1.807, 2.05) is 42.5 Å². The maximum atomic E-state index is 12.8. The fraction of sp³-hybridized carbons (Fsp3) is 0.222. The lowest BCUT2D eigenvalue weighted by Gasteiger charge is -2.34. The van der Waals surface area contributed by atoms with Crippen molar-refractivity contribution in [2.45, 2.75) is 12.5 Å². The van der Waals surface area contributed by atoms with Crippen molar-refractivity contribution in [2.24, 2.45) is 0 Å². The van der Waals surface area contributed by atoms with Gasteiger partial charge >= 0.3 is 0 Å². The Hall–Kier alpha value is -2.34. The molecule has 2 aromatic rings. The van der Waals surface area contributed by atoms with E-state index in [1.54, 1.807) is 18.0 Å². The van der Waals surface area contributed by atoms with Gasteiger partial charge in [-0.3, -0.25) is 9.59 Å². The van der Waals surface area contributed by atoms with E-state index in [0.29, 0.717) is 11.4 Å². The highest BCUT2D eigenvalue weighted by molar-refractivity contribution is 9.10. The summed E-state index contributed by atoms with van der Waals surface area (Å²) in [6, 6.07) is 14.9. The fourth-order valence-corrected chi connectivity index (χ4v) is 2.90. The first-order valence-electron chi connectivity index (χ1n) is 7.60. The van der Waals surface area contributed by atoms with Crippen LogP contribution in [0, 0.1) is 0 Å². The van der Waals surface area contributed by atoms with E-state index < -0.39 is 6.10 Å². The largest absolute Gasteiger partial charge is 0.477 e. The van der Waals surface area contributed by atoms with Crippen LogP contribution in [0.4, 0.5) is 5.69 Å². The smallest absolute Gasteiger partial charge is 0.262 e. The number of nitrogens with zero attached hydrogens (tertiary/aromatic N) is 1. The number of rotatable bonds is 3. The SMILES string of the molecule is CNC(=O)[C@@H]1CN(C(=O)Cc2ccc(Br)cc2)c2ccccc2O1. The van der Waals surface area contributed by atoms with Gasteiger partial charge in [-0.25, -0.2) is 0 Å². The van der Waals surface area contributed by atoms with Gasteiger partial charge in [-0.05, 0) is 29.8 Å².